The van der Waals surface area contributed by atoms with Gasteiger partial charge < -0.3 is 10.6 Å². The van der Waals surface area contributed by atoms with Crippen LogP contribution in [0, 0.1) is 5.92 Å². The van der Waals surface area contributed by atoms with Crippen molar-refractivity contribution in [1.29, 1.82) is 0 Å². The quantitative estimate of drug-likeness (QED) is 0.586. The molecule has 2 N–H and O–H groups in total. The normalized spacial score (nSPS) is 15.2. The second kappa shape index (κ2) is 6.83. The summed E-state index contributed by atoms with van der Waals surface area (Å²) in [6, 6.07) is 1.99. The first-order valence-electron chi connectivity index (χ1n) is 6.72. The van der Waals surface area contributed by atoms with Crippen LogP contribution in [0.1, 0.15) is 32.6 Å². The zero-order chi connectivity index (χ0) is 12.8. The highest BCUT2D eigenvalue weighted by Gasteiger charge is 2.16. The molecule has 2 rings (SSSR count). The summed E-state index contributed by atoms with van der Waals surface area (Å²) in [7, 11) is 0. The topological polar surface area (TPSA) is 49.8 Å². The fourth-order valence-corrected chi connectivity index (χ4v) is 2.44. The van der Waals surface area contributed by atoms with Gasteiger partial charge in [-0.2, -0.15) is 0 Å². The molecule has 1 fully saturated rings. The van der Waals surface area contributed by atoms with Crippen molar-refractivity contribution in [3.05, 3.63) is 6.07 Å². The van der Waals surface area contributed by atoms with E-state index >= 15 is 0 Å². The molecule has 0 aromatic carbocycles. The lowest BCUT2D eigenvalue weighted by Crippen LogP contribution is -2.16. The largest absolute Gasteiger partial charge is 0.370 e. The third-order valence-corrected chi connectivity index (χ3v) is 3.88. The maximum absolute atomic E-state index is 4.48. The first-order chi connectivity index (χ1) is 8.81. The molecule has 1 heterocycles. The van der Waals surface area contributed by atoms with Crippen molar-refractivity contribution in [3.8, 4) is 0 Å². The molecule has 4 nitrogen and oxygen atoms in total. The van der Waals surface area contributed by atoms with Gasteiger partial charge in [0.1, 0.15) is 11.6 Å². The number of rotatable bonds is 7. The van der Waals surface area contributed by atoms with Crippen LogP contribution in [-0.2, 0) is 0 Å². The summed E-state index contributed by atoms with van der Waals surface area (Å²) in [5.74, 6) is 2.78. The van der Waals surface area contributed by atoms with Crippen LogP contribution in [-0.4, -0.2) is 29.3 Å². The Bertz CT molecular complexity index is 379. The molecule has 1 aliphatic rings. The van der Waals surface area contributed by atoms with E-state index in [2.05, 4.69) is 27.5 Å². The van der Waals surface area contributed by atoms with Gasteiger partial charge in [0.15, 0.2) is 5.16 Å². The summed E-state index contributed by atoms with van der Waals surface area (Å²) in [6.07, 6.45) is 7.49. The van der Waals surface area contributed by atoms with Crippen LogP contribution in [0.2, 0.25) is 0 Å². The van der Waals surface area contributed by atoms with Gasteiger partial charge in [0.05, 0.1) is 0 Å². The second-order valence-electron chi connectivity index (χ2n) is 4.67. The number of aromatic nitrogens is 2. The second-order valence-corrected chi connectivity index (χ2v) is 5.44. The van der Waals surface area contributed by atoms with E-state index in [0.29, 0.717) is 0 Å². The minimum Gasteiger partial charge on any atom is -0.370 e. The van der Waals surface area contributed by atoms with E-state index in [-0.39, 0.29) is 0 Å². The van der Waals surface area contributed by atoms with Crippen LogP contribution in [0.15, 0.2) is 11.2 Å². The molecule has 0 bridgehead atoms. The maximum Gasteiger partial charge on any atom is 0.191 e. The van der Waals surface area contributed by atoms with Crippen molar-refractivity contribution < 1.29 is 0 Å². The Morgan fingerprint density at radius 1 is 1.28 bits per heavy atom. The number of thioether (sulfide) groups is 1. The van der Waals surface area contributed by atoms with Gasteiger partial charge in [-0.05, 0) is 25.5 Å². The van der Waals surface area contributed by atoms with E-state index in [1.165, 1.54) is 25.7 Å². The van der Waals surface area contributed by atoms with E-state index < -0.39 is 0 Å². The van der Waals surface area contributed by atoms with Crippen molar-refractivity contribution >= 4 is 23.4 Å². The molecule has 1 saturated carbocycles. The highest BCUT2D eigenvalue weighted by atomic mass is 32.2. The van der Waals surface area contributed by atoms with Crippen LogP contribution < -0.4 is 10.6 Å². The van der Waals surface area contributed by atoms with Gasteiger partial charge in [-0.25, -0.2) is 9.97 Å². The van der Waals surface area contributed by atoms with E-state index in [1.807, 2.05) is 12.3 Å². The average Bonchev–Trinajstić information content (AvgIpc) is 2.32. The smallest absolute Gasteiger partial charge is 0.191 e. The molecule has 1 aromatic heterocycles. The summed E-state index contributed by atoms with van der Waals surface area (Å²) >= 11 is 1.58. The predicted molar refractivity (Wildman–Crippen MR) is 78.4 cm³/mol. The molecule has 0 unspecified atom stereocenters. The number of hydrogen-bond acceptors (Lipinski definition) is 5. The van der Waals surface area contributed by atoms with Gasteiger partial charge in [-0.1, -0.05) is 31.0 Å². The van der Waals surface area contributed by atoms with Gasteiger partial charge in [0.25, 0.3) is 0 Å². The van der Waals surface area contributed by atoms with E-state index in [9.17, 15) is 0 Å². The van der Waals surface area contributed by atoms with Crippen molar-refractivity contribution in [1.82, 2.24) is 9.97 Å². The molecule has 1 aliphatic carbocycles. The minimum atomic E-state index is 0.819. The van der Waals surface area contributed by atoms with Crippen LogP contribution in [0.4, 0.5) is 11.6 Å². The van der Waals surface area contributed by atoms with E-state index in [1.54, 1.807) is 11.8 Å². The zero-order valence-corrected chi connectivity index (χ0v) is 12.0. The number of nitrogens with one attached hydrogen (secondary N) is 2. The highest BCUT2D eigenvalue weighted by Crippen LogP contribution is 2.29. The summed E-state index contributed by atoms with van der Waals surface area (Å²) in [4.78, 5) is 8.89. The van der Waals surface area contributed by atoms with Crippen LogP contribution in [0.25, 0.3) is 0 Å². The van der Waals surface area contributed by atoms with Crippen molar-refractivity contribution in [3.63, 3.8) is 0 Å². The molecule has 100 valence electrons. The van der Waals surface area contributed by atoms with Gasteiger partial charge in [-0.15, -0.1) is 0 Å². The fourth-order valence-electron chi connectivity index (χ4n) is 2.06. The Morgan fingerprint density at radius 2 is 2.00 bits per heavy atom. The molecule has 0 spiro atoms. The molecule has 0 saturated heterocycles. The van der Waals surface area contributed by atoms with Crippen LogP contribution in [0.5, 0.6) is 0 Å². The molecule has 0 atom stereocenters. The summed E-state index contributed by atoms with van der Waals surface area (Å²) in [5.41, 5.74) is 0. The molecule has 18 heavy (non-hydrogen) atoms. The van der Waals surface area contributed by atoms with Crippen molar-refractivity contribution in [2.24, 2.45) is 5.92 Å². The Hall–Kier alpha value is -0.970. The maximum atomic E-state index is 4.48. The van der Waals surface area contributed by atoms with Crippen molar-refractivity contribution in [2.75, 3.05) is 30.0 Å². The number of hydrogen-bond donors (Lipinski definition) is 2. The SMILES string of the molecule is CCNc1cc(NCCC2CCC2)nc(SC)n1. The minimum absolute atomic E-state index is 0.819. The predicted octanol–water partition coefficient (Wildman–Crippen LogP) is 3.23. The number of anilines is 2. The third kappa shape index (κ3) is 3.77. The van der Waals surface area contributed by atoms with Gasteiger partial charge in [0.2, 0.25) is 0 Å². The van der Waals surface area contributed by atoms with E-state index in [4.69, 9.17) is 0 Å². The Labute approximate surface area is 113 Å². The molecular formula is C13H22N4S. The van der Waals surface area contributed by atoms with Gasteiger partial charge >= 0.3 is 0 Å². The van der Waals surface area contributed by atoms with Gasteiger partial charge in [0, 0.05) is 19.2 Å². The van der Waals surface area contributed by atoms with Crippen LogP contribution in [0.3, 0.4) is 0 Å². The molecular weight excluding hydrogens is 244 g/mol. The van der Waals surface area contributed by atoms with Crippen LogP contribution >= 0.6 is 11.8 Å². The van der Waals surface area contributed by atoms with Crippen molar-refractivity contribution in [2.45, 2.75) is 37.8 Å². The molecule has 5 heteroatoms. The fraction of sp³-hybridized carbons (Fsp3) is 0.692. The third-order valence-electron chi connectivity index (χ3n) is 3.33. The first-order valence-corrected chi connectivity index (χ1v) is 7.95. The summed E-state index contributed by atoms with van der Waals surface area (Å²) in [6.45, 7) is 3.97. The highest BCUT2D eigenvalue weighted by molar-refractivity contribution is 7.98. The molecule has 0 radical (unpaired) electrons. The standard InChI is InChI=1S/C13H22N4S/c1-3-14-11-9-12(17-13(16-11)18-2)15-8-7-10-5-4-6-10/h9-10H,3-8H2,1-2H3,(H2,14,15,16,17). The average molecular weight is 266 g/mol. The lowest BCUT2D eigenvalue weighted by atomic mass is 9.83. The first kappa shape index (κ1) is 13.5. The Kier molecular flexibility index (Phi) is 5.11. The Balaban J connectivity index is 1.90. The molecule has 1 aromatic rings. The zero-order valence-electron chi connectivity index (χ0n) is 11.2. The molecule has 0 aliphatic heterocycles. The summed E-state index contributed by atoms with van der Waals surface area (Å²) in [5, 5.41) is 7.47. The lowest BCUT2D eigenvalue weighted by Gasteiger charge is -2.25. The van der Waals surface area contributed by atoms with Gasteiger partial charge in [-0.3, -0.25) is 0 Å². The molecule has 0 amide bonds. The Morgan fingerprint density at radius 3 is 2.56 bits per heavy atom. The number of nitrogens with zero attached hydrogens (tertiary/aromatic N) is 2. The van der Waals surface area contributed by atoms with E-state index in [0.717, 1.165) is 35.8 Å². The summed E-state index contributed by atoms with van der Waals surface area (Å²) < 4.78 is 0. The monoisotopic (exact) mass is 266 g/mol. The lowest BCUT2D eigenvalue weighted by molar-refractivity contribution is 0.303.